The van der Waals surface area contributed by atoms with Crippen LogP contribution in [0.5, 0.6) is 0 Å². The van der Waals surface area contributed by atoms with Gasteiger partial charge in [-0.05, 0) is 18.4 Å². The molecule has 27 heavy (non-hydrogen) atoms. The zero-order valence-corrected chi connectivity index (χ0v) is 16.1. The predicted octanol–water partition coefficient (Wildman–Crippen LogP) is 2.83. The Morgan fingerprint density at radius 1 is 1.26 bits per heavy atom. The SMILES string of the molecule is CCC1=NNC2C=CC(c3nnc(N[C@@H](CN)Cc4ccccc4)s3)=CC12. The number of aromatic nitrogens is 2. The Labute approximate surface area is 163 Å². The number of hydrazone groups is 1. The van der Waals surface area contributed by atoms with Crippen LogP contribution in [0.4, 0.5) is 5.13 Å². The average molecular weight is 381 g/mol. The molecule has 2 heterocycles. The van der Waals surface area contributed by atoms with Gasteiger partial charge in [0.05, 0.1) is 6.04 Å². The molecular formula is C20H24N6S. The molecule has 7 heteroatoms. The Hall–Kier alpha value is -2.51. The summed E-state index contributed by atoms with van der Waals surface area (Å²) in [6, 6.07) is 10.8. The molecular weight excluding hydrogens is 356 g/mol. The molecule has 0 amide bonds. The third kappa shape index (κ3) is 3.94. The van der Waals surface area contributed by atoms with Crippen molar-refractivity contribution in [2.24, 2.45) is 16.8 Å². The minimum absolute atomic E-state index is 0.131. The third-order valence-corrected chi connectivity index (χ3v) is 5.85. The summed E-state index contributed by atoms with van der Waals surface area (Å²) in [5.74, 6) is 0.310. The fourth-order valence-electron chi connectivity index (χ4n) is 3.46. The van der Waals surface area contributed by atoms with E-state index < -0.39 is 0 Å². The number of anilines is 1. The lowest BCUT2D eigenvalue weighted by atomic mass is 9.88. The Kier molecular flexibility index (Phi) is 5.31. The summed E-state index contributed by atoms with van der Waals surface area (Å²) in [5, 5.41) is 18.3. The summed E-state index contributed by atoms with van der Waals surface area (Å²) in [6.07, 6.45) is 8.34. The van der Waals surface area contributed by atoms with Crippen molar-refractivity contribution in [3.63, 3.8) is 0 Å². The van der Waals surface area contributed by atoms with Crippen molar-refractivity contribution in [3.05, 3.63) is 59.1 Å². The van der Waals surface area contributed by atoms with Gasteiger partial charge in [-0.1, -0.05) is 66.8 Å². The van der Waals surface area contributed by atoms with Crippen molar-refractivity contribution < 1.29 is 0 Å². The Morgan fingerprint density at radius 3 is 2.89 bits per heavy atom. The molecule has 0 radical (unpaired) electrons. The Bertz CT molecular complexity index is 870. The van der Waals surface area contributed by atoms with Crippen LogP contribution >= 0.6 is 11.3 Å². The minimum Gasteiger partial charge on any atom is -0.356 e. The number of nitrogens with one attached hydrogen (secondary N) is 2. The first-order valence-corrected chi connectivity index (χ1v) is 10.1. The number of fused-ring (bicyclic) bond motifs is 1. The molecule has 4 rings (SSSR count). The standard InChI is InChI=1S/C20H24N6S/c1-2-17-16-11-14(8-9-18(16)24-23-17)19-25-26-20(27-19)22-15(12-21)10-13-6-4-3-5-7-13/h3-9,11,15-16,18,24H,2,10,12,21H2,1H3,(H,22,26)/t15-,16?,18?/m1/s1. The lowest BCUT2D eigenvalue weighted by Gasteiger charge is -2.18. The highest BCUT2D eigenvalue weighted by atomic mass is 32.1. The maximum absolute atomic E-state index is 5.96. The monoisotopic (exact) mass is 380 g/mol. The van der Waals surface area contributed by atoms with E-state index in [0.717, 1.165) is 28.6 Å². The summed E-state index contributed by atoms with van der Waals surface area (Å²) in [7, 11) is 0. The predicted molar refractivity (Wildman–Crippen MR) is 112 cm³/mol. The summed E-state index contributed by atoms with van der Waals surface area (Å²) < 4.78 is 0. The second kappa shape index (κ2) is 8.02. The Balaban J connectivity index is 1.45. The summed E-state index contributed by atoms with van der Waals surface area (Å²) in [6.45, 7) is 2.68. The lowest BCUT2D eigenvalue weighted by molar-refractivity contribution is 0.621. The van der Waals surface area contributed by atoms with Gasteiger partial charge in [0.2, 0.25) is 5.13 Å². The number of hydrogen-bond donors (Lipinski definition) is 3. The highest BCUT2D eigenvalue weighted by molar-refractivity contribution is 7.16. The van der Waals surface area contributed by atoms with Crippen LogP contribution in [-0.2, 0) is 6.42 Å². The maximum atomic E-state index is 5.96. The van der Waals surface area contributed by atoms with Crippen molar-refractivity contribution in [2.45, 2.75) is 31.8 Å². The first kappa shape index (κ1) is 17.9. The third-order valence-electron chi connectivity index (χ3n) is 4.94. The number of hydrogen-bond acceptors (Lipinski definition) is 7. The van der Waals surface area contributed by atoms with E-state index in [2.05, 4.69) is 63.3 Å². The zero-order chi connectivity index (χ0) is 18.6. The lowest BCUT2D eigenvalue weighted by Crippen LogP contribution is -2.30. The van der Waals surface area contributed by atoms with Crippen molar-refractivity contribution in [1.82, 2.24) is 15.6 Å². The molecule has 1 aliphatic carbocycles. The summed E-state index contributed by atoms with van der Waals surface area (Å²) >= 11 is 1.57. The largest absolute Gasteiger partial charge is 0.356 e. The van der Waals surface area contributed by atoms with Gasteiger partial charge < -0.3 is 16.5 Å². The molecule has 0 fully saturated rings. The van der Waals surface area contributed by atoms with Crippen LogP contribution < -0.4 is 16.5 Å². The van der Waals surface area contributed by atoms with E-state index in [9.17, 15) is 0 Å². The van der Waals surface area contributed by atoms with Gasteiger partial charge in [-0.3, -0.25) is 0 Å². The molecule has 2 unspecified atom stereocenters. The zero-order valence-electron chi connectivity index (χ0n) is 15.3. The van der Waals surface area contributed by atoms with Gasteiger partial charge in [-0.25, -0.2) is 0 Å². The van der Waals surface area contributed by atoms with Gasteiger partial charge in [-0.15, -0.1) is 10.2 Å². The second-order valence-electron chi connectivity index (χ2n) is 6.80. The molecule has 0 spiro atoms. The van der Waals surface area contributed by atoms with Crippen molar-refractivity contribution in [3.8, 4) is 0 Å². The van der Waals surface area contributed by atoms with E-state index in [0.29, 0.717) is 12.5 Å². The van der Waals surface area contributed by atoms with Crippen LogP contribution in [0.2, 0.25) is 0 Å². The van der Waals surface area contributed by atoms with E-state index in [1.54, 1.807) is 11.3 Å². The first-order valence-electron chi connectivity index (χ1n) is 9.33. The van der Waals surface area contributed by atoms with Crippen molar-refractivity contribution >= 4 is 27.8 Å². The van der Waals surface area contributed by atoms with Gasteiger partial charge in [0, 0.05) is 29.8 Å². The van der Waals surface area contributed by atoms with Crippen LogP contribution in [0, 0.1) is 5.92 Å². The van der Waals surface area contributed by atoms with E-state index in [1.165, 1.54) is 11.3 Å². The first-order chi connectivity index (χ1) is 13.3. The average Bonchev–Trinajstić information content (AvgIpc) is 3.34. The molecule has 0 saturated carbocycles. The quantitative estimate of drug-likeness (QED) is 0.687. The number of allylic oxidation sites excluding steroid dienone is 2. The van der Waals surface area contributed by atoms with E-state index >= 15 is 0 Å². The highest BCUT2D eigenvalue weighted by Crippen LogP contribution is 2.31. The molecule has 1 aliphatic heterocycles. The topological polar surface area (TPSA) is 88.2 Å². The molecule has 3 atom stereocenters. The number of nitrogens with zero attached hydrogens (tertiary/aromatic N) is 3. The molecule has 2 aromatic rings. The molecule has 0 saturated heterocycles. The van der Waals surface area contributed by atoms with E-state index in [-0.39, 0.29) is 12.1 Å². The fraction of sp³-hybridized carbons (Fsp3) is 0.350. The molecule has 1 aromatic heterocycles. The smallest absolute Gasteiger partial charge is 0.206 e. The molecule has 4 N–H and O–H groups in total. The van der Waals surface area contributed by atoms with Crippen LogP contribution in [0.3, 0.4) is 0 Å². The molecule has 1 aromatic carbocycles. The normalized spacial score (nSPS) is 21.9. The number of rotatable bonds is 7. The number of benzene rings is 1. The van der Waals surface area contributed by atoms with Crippen molar-refractivity contribution in [1.29, 1.82) is 0 Å². The Morgan fingerprint density at radius 2 is 2.11 bits per heavy atom. The van der Waals surface area contributed by atoms with Crippen molar-refractivity contribution in [2.75, 3.05) is 11.9 Å². The van der Waals surface area contributed by atoms with Gasteiger partial charge >= 0.3 is 0 Å². The molecule has 0 bridgehead atoms. The highest BCUT2D eigenvalue weighted by Gasteiger charge is 2.30. The van der Waals surface area contributed by atoms with E-state index in [1.807, 2.05) is 18.2 Å². The molecule has 2 aliphatic rings. The van der Waals surface area contributed by atoms with Crippen LogP contribution in [0.15, 0.2) is 53.7 Å². The van der Waals surface area contributed by atoms with Crippen LogP contribution in [0.25, 0.3) is 5.57 Å². The second-order valence-corrected chi connectivity index (χ2v) is 7.78. The van der Waals surface area contributed by atoms with Crippen LogP contribution in [0.1, 0.15) is 23.9 Å². The van der Waals surface area contributed by atoms with Gasteiger partial charge in [0.25, 0.3) is 0 Å². The van der Waals surface area contributed by atoms with Crippen LogP contribution in [-0.4, -0.2) is 34.5 Å². The number of nitrogens with two attached hydrogens (primary N) is 1. The van der Waals surface area contributed by atoms with Gasteiger partial charge in [0.15, 0.2) is 0 Å². The minimum atomic E-state index is 0.131. The summed E-state index contributed by atoms with van der Waals surface area (Å²) in [4.78, 5) is 0. The molecule has 140 valence electrons. The maximum Gasteiger partial charge on any atom is 0.206 e. The van der Waals surface area contributed by atoms with Gasteiger partial charge in [-0.2, -0.15) is 5.10 Å². The van der Waals surface area contributed by atoms with Gasteiger partial charge in [0.1, 0.15) is 5.01 Å². The molecule has 6 nitrogen and oxygen atoms in total. The van der Waals surface area contributed by atoms with E-state index in [4.69, 9.17) is 5.73 Å². The fourth-order valence-corrected chi connectivity index (χ4v) is 4.29. The summed E-state index contributed by atoms with van der Waals surface area (Å²) in [5.41, 5.74) is 12.7.